The second-order valence-corrected chi connectivity index (χ2v) is 6.39. The summed E-state index contributed by atoms with van der Waals surface area (Å²) in [6.45, 7) is 4.97. The van der Waals surface area contributed by atoms with Gasteiger partial charge in [-0.1, -0.05) is 26.2 Å². The normalized spacial score (nSPS) is 25.3. The predicted octanol–water partition coefficient (Wildman–Crippen LogP) is 3.29. The maximum absolute atomic E-state index is 11.7. The van der Waals surface area contributed by atoms with Gasteiger partial charge in [-0.05, 0) is 52.0 Å². The third-order valence-electron chi connectivity index (χ3n) is 4.95. The lowest BCUT2D eigenvalue weighted by atomic mass is 9.85. The number of nitrogens with one attached hydrogen (secondary N) is 1. The molecule has 0 radical (unpaired) electrons. The molecular weight excluding hydrogens is 266 g/mol. The molecule has 0 aromatic rings. The van der Waals surface area contributed by atoms with Crippen molar-refractivity contribution in [2.75, 3.05) is 20.8 Å². The van der Waals surface area contributed by atoms with Crippen molar-refractivity contribution in [3.8, 4) is 0 Å². The van der Waals surface area contributed by atoms with E-state index in [-0.39, 0.29) is 5.97 Å². The molecule has 3 unspecified atom stereocenters. The van der Waals surface area contributed by atoms with Gasteiger partial charge in [0.15, 0.2) is 0 Å². The molecule has 0 heterocycles. The summed E-state index contributed by atoms with van der Waals surface area (Å²) in [5, 5.41) is 3.07. The lowest BCUT2D eigenvalue weighted by molar-refractivity contribution is -0.148. The molecule has 21 heavy (non-hydrogen) atoms. The monoisotopic (exact) mass is 299 g/mol. The van der Waals surface area contributed by atoms with Crippen molar-refractivity contribution >= 4 is 5.97 Å². The molecule has 0 bridgehead atoms. The van der Waals surface area contributed by atoms with E-state index in [1.165, 1.54) is 39.2 Å². The van der Waals surface area contributed by atoms with E-state index in [4.69, 9.17) is 9.47 Å². The predicted molar refractivity (Wildman–Crippen MR) is 85.3 cm³/mol. The molecule has 0 aromatic carbocycles. The third kappa shape index (κ3) is 5.59. The standard InChI is InChI=1S/C17H33NO3/c1-5-14-10-6-7-11-15(14)21-13-9-8-12-17(2,18-3)16(19)20-4/h14-15,18H,5-13H2,1-4H3. The topological polar surface area (TPSA) is 47.6 Å². The van der Waals surface area contributed by atoms with E-state index < -0.39 is 5.54 Å². The van der Waals surface area contributed by atoms with E-state index in [1.54, 1.807) is 7.05 Å². The maximum Gasteiger partial charge on any atom is 0.325 e. The fourth-order valence-electron chi connectivity index (χ4n) is 3.23. The van der Waals surface area contributed by atoms with Crippen molar-refractivity contribution in [1.29, 1.82) is 0 Å². The molecule has 124 valence electrons. The van der Waals surface area contributed by atoms with Crippen LogP contribution in [0.3, 0.4) is 0 Å². The van der Waals surface area contributed by atoms with Gasteiger partial charge in [0.05, 0.1) is 13.2 Å². The second-order valence-electron chi connectivity index (χ2n) is 6.39. The number of unbranched alkanes of at least 4 members (excludes halogenated alkanes) is 1. The van der Waals surface area contributed by atoms with Gasteiger partial charge in [-0.2, -0.15) is 0 Å². The summed E-state index contributed by atoms with van der Waals surface area (Å²) in [7, 11) is 3.25. The number of hydrogen-bond acceptors (Lipinski definition) is 4. The molecule has 1 saturated carbocycles. The van der Waals surface area contributed by atoms with Gasteiger partial charge >= 0.3 is 5.97 Å². The lowest BCUT2D eigenvalue weighted by Crippen LogP contribution is -2.48. The third-order valence-corrected chi connectivity index (χ3v) is 4.95. The van der Waals surface area contributed by atoms with E-state index in [1.807, 2.05) is 6.92 Å². The summed E-state index contributed by atoms with van der Waals surface area (Å²) in [6, 6.07) is 0. The first-order valence-corrected chi connectivity index (χ1v) is 8.46. The van der Waals surface area contributed by atoms with E-state index in [2.05, 4.69) is 12.2 Å². The average Bonchev–Trinajstić information content (AvgIpc) is 2.53. The van der Waals surface area contributed by atoms with Crippen LogP contribution in [-0.4, -0.2) is 38.4 Å². The SMILES string of the molecule is CCC1CCCCC1OCCCCC(C)(NC)C(=O)OC. The van der Waals surface area contributed by atoms with Crippen LogP contribution in [0, 0.1) is 5.92 Å². The van der Waals surface area contributed by atoms with Crippen molar-refractivity contribution < 1.29 is 14.3 Å². The highest BCUT2D eigenvalue weighted by molar-refractivity contribution is 5.80. The zero-order valence-electron chi connectivity index (χ0n) is 14.2. The van der Waals surface area contributed by atoms with Gasteiger partial charge in [-0.15, -0.1) is 0 Å². The molecule has 1 fully saturated rings. The summed E-state index contributed by atoms with van der Waals surface area (Å²) in [6.07, 6.45) is 9.64. The highest BCUT2D eigenvalue weighted by Crippen LogP contribution is 2.29. The Morgan fingerprint density at radius 2 is 2.00 bits per heavy atom. The highest BCUT2D eigenvalue weighted by Gasteiger charge is 2.31. The molecule has 0 spiro atoms. The number of methoxy groups -OCH3 is 1. The van der Waals surface area contributed by atoms with Crippen LogP contribution in [0.2, 0.25) is 0 Å². The van der Waals surface area contributed by atoms with E-state index >= 15 is 0 Å². The Morgan fingerprint density at radius 3 is 2.62 bits per heavy atom. The van der Waals surface area contributed by atoms with Gasteiger partial charge < -0.3 is 14.8 Å². The quantitative estimate of drug-likeness (QED) is 0.524. The molecular formula is C17H33NO3. The minimum absolute atomic E-state index is 0.191. The minimum Gasteiger partial charge on any atom is -0.468 e. The Labute approximate surface area is 130 Å². The van der Waals surface area contributed by atoms with Crippen LogP contribution in [0.4, 0.5) is 0 Å². The van der Waals surface area contributed by atoms with Crippen LogP contribution in [0.5, 0.6) is 0 Å². The molecule has 3 atom stereocenters. The summed E-state index contributed by atoms with van der Waals surface area (Å²) >= 11 is 0. The number of esters is 1. The van der Waals surface area contributed by atoms with Crippen LogP contribution >= 0.6 is 0 Å². The van der Waals surface area contributed by atoms with E-state index in [9.17, 15) is 4.79 Å². The summed E-state index contributed by atoms with van der Waals surface area (Å²) in [4.78, 5) is 11.7. The molecule has 1 N–H and O–H groups in total. The molecule has 0 aliphatic heterocycles. The zero-order chi connectivity index (χ0) is 15.7. The number of rotatable bonds is 9. The van der Waals surface area contributed by atoms with Crippen LogP contribution in [0.1, 0.15) is 65.2 Å². The van der Waals surface area contributed by atoms with Crippen molar-refractivity contribution in [3.05, 3.63) is 0 Å². The van der Waals surface area contributed by atoms with Crippen molar-refractivity contribution in [2.45, 2.75) is 76.9 Å². The van der Waals surface area contributed by atoms with Gasteiger partial charge in [0.25, 0.3) is 0 Å². The first-order valence-electron chi connectivity index (χ1n) is 8.46. The molecule has 1 aliphatic carbocycles. The first kappa shape index (κ1) is 18.4. The zero-order valence-corrected chi connectivity index (χ0v) is 14.2. The molecule has 0 amide bonds. The Morgan fingerprint density at radius 1 is 1.29 bits per heavy atom. The highest BCUT2D eigenvalue weighted by atomic mass is 16.5. The van der Waals surface area contributed by atoms with E-state index in [0.29, 0.717) is 6.10 Å². The molecule has 1 rings (SSSR count). The lowest BCUT2D eigenvalue weighted by Gasteiger charge is -2.31. The Kier molecular flexibility index (Phi) is 8.27. The van der Waals surface area contributed by atoms with Crippen LogP contribution in [0.25, 0.3) is 0 Å². The molecule has 0 aromatic heterocycles. The van der Waals surface area contributed by atoms with Gasteiger partial charge in [0.1, 0.15) is 5.54 Å². The summed E-state index contributed by atoms with van der Waals surface area (Å²) < 4.78 is 10.9. The van der Waals surface area contributed by atoms with Gasteiger partial charge in [-0.3, -0.25) is 4.79 Å². The van der Waals surface area contributed by atoms with Gasteiger partial charge in [0.2, 0.25) is 0 Å². The summed E-state index contributed by atoms with van der Waals surface area (Å²) in [5.41, 5.74) is -0.578. The van der Waals surface area contributed by atoms with Gasteiger partial charge in [-0.25, -0.2) is 0 Å². The molecule has 1 aliphatic rings. The molecule has 4 heteroatoms. The Balaban J connectivity index is 2.23. The Hall–Kier alpha value is -0.610. The fraction of sp³-hybridized carbons (Fsp3) is 0.941. The molecule has 4 nitrogen and oxygen atoms in total. The largest absolute Gasteiger partial charge is 0.468 e. The van der Waals surface area contributed by atoms with Crippen LogP contribution in [-0.2, 0) is 14.3 Å². The number of carbonyl (C=O) groups is 1. The average molecular weight is 299 g/mol. The number of carbonyl (C=O) groups excluding carboxylic acids is 1. The Bertz CT molecular complexity index is 308. The van der Waals surface area contributed by atoms with Crippen LogP contribution in [0.15, 0.2) is 0 Å². The minimum atomic E-state index is -0.578. The second kappa shape index (κ2) is 9.42. The smallest absolute Gasteiger partial charge is 0.325 e. The van der Waals surface area contributed by atoms with Crippen molar-refractivity contribution in [2.24, 2.45) is 5.92 Å². The fourth-order valence-corrected chi connectivity index (χ4v) is 3.23. The summed E-state index contributed by atoms with van der Waals surface area (Å²) in [5.74, 6) is 0.556. The molecule has 0 saturated heterocycles. The first-order chi connectivity index (χ1) is 10.1. The number of likely N-dealkylation sites (N-methyl/N-ethyl adjacent to an activating group) is 1. The number of hydrogen-bond donors (Lipinski definition) is 1. The van der Waals surface area contributed by atoms with Gasteiger partial charge in [0, 0.05) is 6.61 Å². The maximum atomic E-state index is 11.7. The van der Waals surface area contributed by atoms with Crippen molar-refractivity contribution in [1.82, 2.24) is 5.32 Å². The number of ether oxygens (including phenoxy) is 2. The van der Waals surface area contributed by atoms with Crippen LogP contribution < -0.4 is 5.32 Å². The van der Waals surface area contributed by atoms with E-state index in [0.717, 1.165) is 31.8 Å². The van der Waals surface area contributed by atoms with Crippen molar-refractivity contribution in [3.63, 3.8) is 0 Å².